The van der Waals surface area contributed by atoms with Crippen LogP contribution >= 0.6 is 43.5 Å². The van der Waals surface area contributed by atoms with E-state index >= 15 is 0 Å². The van der Waals surface area contributed by atoms with Crippen molar-refractivity contribution in [3.63, 3.8) is 0 Å². The number of rotatable bonds is 6. The molecule has 5 heteroatoms. The second-order valence-corrected chi connectivity index (χ2v) is 6.44. The molecule has 0 amide bonds. The van der Waals surface area contributed by atoms with Crippen LogP contribution in [0.15, 0.2) is 45.3 Å². The first-order valence-electron chi connectivity index (χ1n) is 6.43. The van der Waals surface area contributed by atoms with Crippen LogP contribution in [-0.4, -0.2) is 13.7 Å². The van der Waals surface area contributed by atoms with Gasteiger partial charge in [-0.2, -0.15) is 0 Å². The fourth-order valence-corrected chi connectivity index (χ4v) is 3.56. The molecule has 0 atom stereocenters. The Morgan fingerprint density at radius 2 is 1.62 bits per heavy atom. The summed E-state index contributed by atoms with van der Waals surface area (Å²) >= 11 is 12.9. The molecule has 2 rings (SSSR count). The van der Waals surface area contributed by atoms with Crippen LogP contribution < -0.4 is 9.47 Å². The molecule has 0 unspecified atom stereocenters. The van der Waals surface area contributed by atoms with Crippen molar-refractivity contribution < 1.29 is 9.47 Å². The van der Waals surface area contributed by atoms with Crippen LogP contribution in [0.5, 0.6) is 11.5 Å². The molecule has 2 aromatic rings. The molecule has 112 valence electrons. The van der Waals surface area contributed by atoms with Crippen LogP contribution in [0.3, 0.4) is 0 Å². The lowest BCUT2D eigenvalue weighted by molar-refractivity contribution is 0.318. The Morgan fingerprint density at radius 1 is 1.00 bits per heavy atom. The predicted octanol–water partition coefficient (Wildman–Crippen LogP) is 5.58. The average Bonchev–Trinajstić information content (AvgIpc) is 2.50. The summed E-state index contributed by atoms with van der Waals surface area (Å²) < 4.78 is 12.8. The number of ether oxygens (including phenoxy) is 2. The minimum absolute atomic E-state index is 0.476. The van der Waals surface area contributed by atoms with Gasteiger partial charge in [-0.1, -0.05) is 12.1 Å². The SMILES string of the molecule is COc1ccc(CCOc2c(Br)cc(CCl)cc2Br)cc1. The summed E-state index contributed by atoms with van der Waals surface area (Å²) in [5.41, 5.74) is 2.25. The van der Waals surface area contributed by atoms with E-state index in [1.807, 2.05) is 36.4 Å². The van der Waals surface area contributed by atoms with Gasteiger partial charge in [0.1, 0.15) is 11.5 Å². The zero-order chi connectivity index (χ0) is 15.2. The van der Waals surface area contributed by atoms with Gasteiger partial charge in [0.25, 0.3) is 0 Å². The first-order valence-corrected chi connectivity index (χ1v) is 8.55. The molecule has 0 aliphatic carbocycles. The van der Waals surface area contributed by atoms with E-state index in [0.29, 0.717) is 12.5 Å². The molecule has 0 aliphatic heterocycles. The Balaban J connectivity index is 1.96. The number of hydrogen-bond donors (Lipinski definition) is 0. The van der Waals surface area contributed by atoms with E-state index in [4.69, 9.17) is 21.1 Å². The molecule has 0 saturated carbocycles. The highest BCUT2D eigenvalue weighted by Crippen LogP contribution is 2.35. The van der Waals surface area contributed by atoms with Crippen molar-refractivity contribution in [1.29, 1.82) is 0 Å². The highest BCUT2D eigenvalue weighted by Gasteiger charge is 2.09. The Bertz CT molecular complexity index is 577. The average molecular weight is 435 g/mol. The van der Waals surface area contributed by atoms with E-state index in [-0.39, 0.29) is 0 Å². The van der Waals surface area contributed by atoms with E-state index in [0.717, 1.165) is 32.4 Å². The number of hydrogen-bond acceptors (Lipinski definition) is 2. The molecule has 0 saturated heterocycles. The minimum Gasteiger partial charge on any atom is -0.497 e. The maximum absolute atomic E-state index is 5.86. The lowest BCUT2D eigenvalue weighted by Gasteiger charge is -2.12. The Labute approximate surface area is 146 Å². The quantitative estimate of drug-likeness (QED) is 0.553. The second kappa shape index (κ2) is 8.06. The van der Waals surface area contributed by atoms with Gasteiger partial charge in [0.05, 0.1) is 22.7 Å². The molecular weight excluding hydrogens is 419 g/mol. The molecule has 0 heterocycles. The lowest BCUT2D eigenvalue weighted by atomic mass is 10.1. The van der Waals surface area contributed by atoms with Crippen molar-refractivity contribution in [3.05, 3.63) is 56.5 Å². The monoisotopic (exact) mass is 432 g/mol. The van der Waals surface area contributed by atoms with E-state index in [1.165, 1.54) is 5.56 Å². The summed E-state index contributed by atoms with van der Waals surface area (Å²) in [6.07, 6.45) is 0.833. The second-order valence-electron chi connectivity index (χ2n) is 4.47. The first-order chi connectivity index (χ1) is 10.1. The smallest absolute Gasteiger partial charge is 0.147 e. The lowest BCUT2D eigenvalue weighted by Crippen LogP contribution is -2.02. The molecule has 2 aromatic carbocycles. The van der Waals surface area contributed by atoms with Crippen molar-refractivity contribution >= 4 is 43.5 Å². The maximum Gasteiger partial charge on any atom is 0.147 e. The van der Waals surface area contributed by atoms with E-state index in [1.54, 1.807) is 7.11 Å². The van der Waals surface area contributed by atoms with Gasteiger partial charge < -0.3 is 9.47 Å². The largest absolute Gasteiger partial charge is 0.497 e. The van der Waals surface area contributed by atoms with Gasteiger partial charge in [0.2, 0.25) is 0 Å². The zero-order valence-corrected chi connectivity index (χ0v) is 15.5. The number of alkyl halides is 1. The molecule has 0 fully saturated rings. The van der Waals surface area contributed by atoms with Crippen molar-refractivity contribution in [2.24, 2.45) is 0 Å². The van der Waals surface area contributed by atoms with Crippen molar-refractivity contribution in [2.45, 2.75) is 12.3 Å². The highest BCUT2D eigenvalue weighted by molar-refractivity contribution is 9.11. The normalized spacial score (nSPS) is 10.5. The number of methoxy groups -OCH3 is 1. The van der Waals surface area contributed by atoms with Gasteiger partial charge >= 0.3 is 0 Å². The maximum atomic E-state index is 5.86. The Kier molecular flexibility index (Phi) is 6.40. The molecule has 0 N–H and O–H groups in total. The van der Waals surface area contributed by atoms with Crippen molar-refractivity contribution in [3.8, 4) is 11.5 Å². The van der Waals surface area contributed by atoms with Crippen LogP contribution in [-0.2, 0) is 12.3 Å². The molecule has 0 aliphatic rings. The van der Waals surface area contributed by atoms with Gasteiger partial charge in [-0.05, 0) is 67.3 Å². The van der Waals surface area contributed by atoms with Crippen molar-refractivity contribution in [1.82, 2.24) is 0 Å². The molecule has 21 heavy (non-hydrogen) atoms. The summed E-state index contributed by atoms with van der Waals surface area (Å²) in [5, 5.41) is 0. The third-order valence-corrected chi connectivity index (χ3v) is 4.50. The summed E-state index contributed by atoms with van der Waals surface area (Å²) in [7, 11) is 1.66. The van der Waals surface area contributed by atoms with E-state index in [2.05, 4.69) is 31.9 Å². The molecule has 0 radical (unpaired) electrons. The third kappa shape index (κ3) is 4.63. The summed E-state index contributed by atoms with van der Waals surface area (Å²) in [6, 6.07) is 11.9. The molecule has 0 aromatic heterocycles. The topological polar surface area (TPSA) is 18.5 Å². The van der Waals surface area contributed by atoms with Crippen LogP contribution in [0, 0.1) is 0 Å². The van der Waals surface area contributed by atoms with Gasteiger partial charge in [-0.25, -0.2) is 0 Å². The number of halogens is 3. The third-order valence-electron chi connectivity index (χ3n) is 3.01. The predicted molar refractivity (Wildman–Crippen MR) is 93.6 cm³/mol. The van der Waals surface area contributed by atoms with Crippen LogP contribution in [0.2, 0.25) is 0 Å². The number of benzene rings is 2. The first kappa shape index (κ1) is 16.7. The zero-order valence-electron chi connectivity index (χ0n) is 11.5. The summed E-state index contributed by atoms with van der Waals surface area (Å²) in [6.45, 7) is 0.601. The molecular formula is C16H15Br2ClO2. The van der Waals surface area contributed by atoms with Gasteiger partial charge in [-0.15, -0.1) is 11.6 Å². The Morgan fingerprint density at radius 3 is 2.14 bits per heavy atom. The highest BCUT2D eigenvalue weighted by atomic mass is 79.9. The van der Waals surface area contributed by atoms with Crippen LogP contribution in [0.4, 0.5) is 0 Å². The summed E-state index contributed by atoms with van der Waals surface area (Å²) in [5.74, 6) is 2.14. The minimum atomic E-state index is 0.476. The van der Waals surface area contributed by atoms with E-state index in [9.17, 15) is 0 Å². The van der Waals surface area contributed by atoms with E-state index < -0.39 is 0 Å². The molecule has 2 nitrogen and oxygen atoms in total. The standard InChI is InChI=1S/C16H15Br2ClO2/c1-20-13-4-2-11(3-5-13)6-7-21-16-14(17)8-12(10-19)9-15(16)18/h2-5,8-9H,6-7,10H2,1H3. The summed E-state index contributed by atoms with van der Waals surface area (Å²) in [4.78, 5) is 0. The molecule has 0 spiro atoms. The van der Waals surface area contributed by atoms with Gasteiger partial charge in [-0.3, -0.25) is 0 Å². The Hall–Kier alpha value is -0.710. The van der Waals surface area contributed by atoms with Crippen LogP contribution in [0.25, 0.3) is 0 Å². The van der Waals surface area contributed by atoms with Gasteiger partial charge in [0.15, 0.2) is 0 Å². The fourth-order valence-electron chi connectivity index (χ4n) is 1.89. The van der Waals surface area contributed by atoms with Gasteiger partial charge in [0, 0.05) is 12.3 Å². The molecule has 0 bridgehead atoms. The van der Waals surface area contributed by atoms with Crippen LogP contribution in [0.1, 0.15) is 11.1 Å². The fraction of sp³-hybridized carbons (Fsp3) is 0.250. The van der Waals surface area contributed by atoms with Crippen molar-refractivity contribution in [2.75, 3.05) is 13.7 Å².